The minimum absolute atomic E-state index is 0.0357. The van der Waals surface area contributed by atoms with Crippen LogP contribution in [0, 0.1) is 0 Å². The van der Waals surface area contributed by atoms with Gasteiger partial charge in [0.15, 0.2) is 11.5 Å². The van der Waals surface area contributed by atoms with Gasteiger partial charge in [0.25, 0.3) is 5.91 Å². The van der Waals surface area contributed by atoms with E-state index in [2.05, 4.69) is 10.3 Å². The summed E-state index contributed by atoms with van der Waals surface area (Å²) in [6.07, 6.45) is 1.73. The van der Waals surface area contributed by atoms with Gasteiger partial charge in [-0.1, -0.05) is 12.1 Å². The molecule has 4 aromatic heterocycles. The van der Waals surface area contributed by atoms with E-state index in [0.29, 0.717) is 59.8 Å². The predicted octanol–water partition coefficient (Wildman–Crippen LogP) is 5.13. The van der Waals surface area contributed by atoms with Crippen molar-refractivity contribution >= 4 is 56.1 Å². The number of rotatable bonds is 6. The molecule has 1 aliphatic rings. The van der Waals surface area contributed by atoms with Crippen LogP contribution in [-0.4, -0.2) is 65.7 Å². The van der Waals surface area contributed by atoms with Crippen molar-refractivity contribution in [1.29, 1.82) is 0 Å². The van der Waals surface area contributed by atoms with Crippen LogP contribution >= 0.6 is 11.3 Å². The quantitative estimate of drug-likeness (QED) is 0.306. The Morgan fingerprint density at radius 3 is 2.58 bits per heavy atom. The number of carbonyl (C=O) groups excluding carboxylic acids is 1. The highest BCUT2D eigenvalue weighted by atomic mass is 32.1. The highest BCUT2D eigenvalue weighted by Crippen LogP contribution is 2.35. The smallest absolute Gasteiger partial charge is 0.270 e. The van der Waals surface area contributed by atoms with Crippen LogP contribution in [0.15, 0.2) is 57.2 Å². The third-order valence-corrected chi connectivity index (χ3v) is 7.90. The fourth-order valence-corrected chi connectivity index (χ4v) is 5.83. The molecule has 0 unspecified atom stereocenters. The van der Waals surface area contributed by atoms with Crippen LogP contribution in [0.3, 0.4) is 0 Å². The Balaban J connectivity index is 1.29. The van der Waals surface area contributed by atoms with Gasteiger partial charge in [-0.3, -0.25) is 9.59 Å². The molecule has 1 aliphatic heterocycles. The van der Waals surface area contributed by atoms with Crippen molar-refractivity contribution in [3.63, 3.8) is 0 Å². The molecule has 1 N–H and O–H groups in total. The first-order valence-corrected chi connectivity index (χ1v) is 14.0. The van der Waals surface area contributed by atoms with Gasteiger partial charge >= 0.3 is 0 Å². The minimum Gasteiger partial charge on any atom is -0.439 e. The summed E-state index contributed by atoms with van der Waals surface area (Å²) in [4.78, 5) is 38.4. The van der Waals surface area contributed by atoms with Crippen molar-refractivity contribution in [3.8, 4) is 11.1 Å². The Kier molecular flexibility index (Phi) is 6.77. The zero-order chi connectivity index (χ0) is 28.0. The van der Waals surface area contributed by atoms with Gasteiger partial charge in [-0.2, -0.15) is 4.98 Å². The molecule has 1 amide bonds. The van der Waals surface area contributed by atoms with Gasteiger partial charge in [0.2, 0.25) is 11.4 Å². The molecule has 11 heteroatoms. The van der Waals surface area contributed by atoms with Crippen LogP contribution in [0.5, 0.6) is 0 Å². The van der Waals surface area contributed by atoms with Crippen LogP contribution in [-0.2, 0) is 4.74 Å². The molecular formula is C29H30N6O4S. The number of hydrogen-bond donors (Lipinski definition) is 1. The third-order valence-electron chi connectivity index (χ3n) is 6.92. The molecule has 1 aromatic carbocycles. The minimum atomic E-state index is -0.0781. The van der Waals surface area contributed by atoms with Crippen molar-refractivity contribution in [2.24, 2.45) is 0 Å². The Morgan fingerprint density at radius 2 is 1.88 bits per heavy atom. The van der Waals surface area contributed by atoms with Crippen LogP contribution in [0.1, 0.15) is 30.4 Å². The van der Waals surface area contributed by atoms with Gasteiger partial charge in [0.05, 0.1) is 13.2 Å². The monoisotopic (exact) mass is 558 g/mol. The van der Waals surface area contributed by atoms with Gasteiger partial charge in [0.1, 0.15) is 16.0 Å². The van der Waals surface area contributed by atoms with Crippen molar-refractivity contribution in [2.45, 2.75) is 19.9 Å². The van der Waals surface area contributed by atoms with Crippen LogP contribution in [0.2, 0.25) is 0 Å². The molecule has 5 heterocycles. The summed E-state index contributed by atoms with van der Waals surface area (Å²) in [5.74, 6) is 0.935. The summed E-state index contributed by atoms with van der Waals surface area (Å²) >= 11 is 1.39. The molecule has 6 rings (SSSR count). The van der Waals surface area contributed by atoms with Gasteiger partial charge < -0.3 is 28.8 Å². The number of ether oxygens (including phenoxy) is 1. The fourth-order valence-electron chi connectivity index (χ4n) is 4.92. The molecule has 206 valence electrons. The lowest BCUT2D eigenvalue weighted by Crippen LogP contribution is -2.36. The van der Waals surface area contributed by atoms with E-state index in [0.717, 1.165) is 22.2 Å². The van der Waals surface area contributed by atoms with Gasteiger partial charge in [-0.15, -0.1) is 11.3 Å². The lowest BCUT2D eigenvalue weighted by molar-refractivity contribution is 0.0816. The predicted molar refractivity (Wildman–Crippen MR) is 158 cm³/mol. The zero-order valence-corrected chi connectivity index (χ0v) is 23.6. The number of benzene rings is 1. The maximum absolute atomic E-state index is 12.8. The molecule has 5 aromatic rings. The number of carbonyl (C=O) groups is 1. The summed E-state index contributed by atoms with van der Waals surface area (Å²) in [5.41, 5.74) is 4.48. The highest BCUT2D eigenvalue weighted by Gasteiger charge is 2.21. The number of anilines is 3. The van der Waals surface area contributed by atoms with Gasteiger partial charge in [-0.05, 0) is 37.6 Å². The number of aromatic nitrogens is 3. The number of fused-ring (bicyclic) bond motifs is 2. The topological polar surface area (TPSA) is 106 Å². The van der Waals surface area contributed by atoms with Crippen LogP contribution in [0.4, 0.5) is 17.5 Å². The molecule has 0 spiro atoms. The maximum atomic E-state index is 12.8. The summed E-state index contributed by atoms with van der Waals surface area (Å²) in [6, 6.07) is 11.3. The van der Waals surface area contributed by atoms with E-state index < -0.39 is 0 Å². The number of nitrogens with zero attached hydrogens (tertiary/aromatic N) is 5. The number of thiophene rings is 1. The van der Waals surface area contributed by atoms with E-state index in [1.807, 2.05) is 59.0 Å². The Bertz CT molecular complexity index is 1760. The summed E-state index contributed by atoms with van der Waals surface area (Å²) < 4.78 is 14.2. The molecular weight excluding hydrogens is 528 g/mol. The standard InChI is InChI=1S/C29H30N6O4S/c1-17(2)35-22(28(37)33(3)4)13-19-15-30-29(32-27(19)35)31-20-7-5-18(6-8-20)21-16-40-26-23(36)14-24(39-25(21)26)34-9-11-38-12-10-34/h5-8,13-17H,9-12H2,1-4H3,(H,30,31,32). The summed E-state index contributed by atoms with van der Waals surface area (Å²) in [7, 11) is 3.48. The molecule has 0 radical (unpaired) electrons. The normalized spacial score (nSPS) is 13.9. The third kappa shape index (κ3) is 4.71. The Labute approximate surface area is 234 Å². The molecule has 0 saturated carbocycles. The van der Waals surface area contributed by atoms with Gasteiger partial charge in [0, 0.05) is 67.5 Å². The van der Waals surface area contributed by atoms with Crippen molar-refractivity contribution in [3.05, 3.63) is 63.9 Å². The molecule has 40 heavy (non-hydrogen) atoms. The number of morpholine rings is 1. The average Bonchev–Trinajstić information content (AvgIpc) is 3.55. The van der Waals surface area contributed by atoms with E-state index in [4.69, 9.17) is 14.1 Å². The van der Waals surface area contributed by atoms with Crippen molar-refractivity contribution in [1.82, 2.24) is 19.4 Å². The zero-order valence-electron chi connectivity index (χ0n) is 22.8. The van der Waals surface area contributed by atoms with Gasteiger partial charge in [-0.25, -0.2) is 4.98 Å². The van der Waals surface area contributed by atoms with Crippen LogP contribution in [0.25, 0.3) is 32.4 Å². The van der Waals surface area contributed by atoms with Crippen LogP contribution < -0.4 is 15.6 Å². The van der Waals surface area contributed by atoms with E-state index >= 15 is 0 Å². The Morgan fingerprint density at radius 1 is 1.12 bits per heavy atom. The molecule has 10 nitrogen and oxygen atoms in total. The maximum Gasteiger partial charge on any atom is 0.270 e. The molecule has 0 aliphatic carbocycles. The second-order valence-corrected chi connectivity index (χ2v) is 11.1. The van der Waals surface area contributed by atoms with E-state index in [1.54, 1.807) is 31.3 Å². The first kappa shape index (κ1) is 26.0. The molecule has 1 saturated heterocycles. The average molecular weight is 559 g/mol. The largest absolute Gasteiger partial charge is 0.439 e. The fraction of sp³-hybridized carbons (Fsp3) is 0.310. The molecule has 0 atom stereocenters. The highest BCUT2D eigenvalue weighted by molar-refractivity contribution is 7.17. The summed E-state index contributed by atoms with van der Waals surface area (Å²) in [5, 5.41) is 6.04. The van der Waals surface area contributed by atoms with Crippen molar-refractivity contribution < 1.29 is 13.9 Å². The van der Waals surface area contributed by atoms with E-state index in [-0.39, 0.29) is 17.4 Å². The van der Waals surface area contributed by atoms with E-state index in [9.17, 15) is 9.59 Å². The number of hydrogen-bond acceptors (Lipinski definition) is 9. The lowest BCUT2D eigenvalue weighted by atomic mass is 10.1. The lowest BCUT2D eigenvalue weighted by Gasteiger charge is -2.27. The first-order chi connectivity index (χ1) is 19.3. The Hall–Kier alpha value is -4.22. The second kappa shape index (κ2) is 10.4. The molecule has 1 fully saturated rings. The number of amides is 1. The second-order valence-electron chi connectivity index (χ2n) is 10.2. The number of nitrogens with one attached hydrogen (secondary N) is 1. The van der Waals surface area contributed by atoms with Crippen molar-refractivity contribution in [2.75, 3.05) is 50.6 Å². The van der Waals surface area contributed by atoms with E-state index in [1.165, 1.54) is 11.3 Å². The first-order valence-electron chi connectivity index (χ1n) is 13.2. The summed E-state index contributed by atoms with van der Waals surface area (Å²) in [6.45, 7) is 6.67. The molecule has 0 bridgehead atoms. The SMILES string of the molecule is CC(C)n1c(C(=O)N(C)C)cc2cnc(Nc3ccc(-c4csc5c(=O)cc(N6CCOCC6)oc45)cc3)nc21.